The van der Waals surface area contributed by atoms with Crippen molar-refractivity contribution < 1.29 is 61.9 Å². The minimum Gasteiger partial charge on any atom is -0.342 e. The summed E-state index contributed by atoms with van der Waals surface area (Å²) in [5.74, 6) is -10.7. The smallest absolute Gasteiger partial charge is 0.246 e. The molecule has 24 nitrogen and oxygen atoms in total. The number of rotatable bonds is 12. The van der Waals surface area contributed by atoms with E-state index in [9.17, 15) is 42.7 Å². The van der Waals surface area contributed by atoms with E-state index in [0.29, 0.717) is 54.1 Å². The van der Waals surface area contributed by atoms with Crippen molar-refractivity contribution in [1.29, 1.82) is 0 Å². The molecule has 2 aliphatic heterocycles. The van der Waals surface area contributed by atoms with Gasteiger partial charge in [-0.3, -0.25) is 57.5 Å². The van der Waals surface area contributed by atoms with Crippen molar-refractivity contribution in [3.8, 4) is 0 Å². The van der Waals surface area contributed by atoms with Crippen LogP contribution in [0.25, 0.3) is 0 Å². The summed E-state index contributed by atoms with van der Waals surface area (Å²) >= 11 is 6.23. The van der Waals surface area contributed by atoms with Crippen LogP contribution in [-0.4, -0.2) is 240 Å². The number of hydrogen-bond donors (Lipinski definition) is 4. The number of nitrogens with zero attached hydrogens (tertiary/aromatic N) is 8. The largest absolute Gasteiger partial charge is 0.342 e. The van der Waals surface area contributed by atoms with Gasteiger partial charge in [-0.15, -0.1) is 0 Å². The Balaban J connectivity index is 1.45. The molecule has 0 bridgehead atoms. The molecule has 4 N–H and O–H groups in total. The van der Waals surface area contributed by atoms with Crippen LogP contribution in [0.5, 0.6) is 0 Å². The molecular weight excluding hydrogens is 1270 g/mol. The lowest BCUT2D eigenvalue weighted by molar-refractivity contribution is -0.150. The summed E-state index contributed by atoms with van der Waals surface area (Å²) in [6.45, 7) is 7.21. The average molecular weight is 1360 g/mol. The molecule has 524 valence electrons. The second kappa shape index (κ2) is 35.7. The molecule has 26 heteroatoms. The number of hydrogen-bond acceptors (Lipinski definition) is 12. The van der Waals surface area contributed by atoms with Gasteiger partial charge in [0, 0.05) is 93.1 Å². The third-order valence-electron chi connectivity index (χ3n) is 18.2. The van der Waals surface area contributed by atoms with E-state index >= 15 is 19.2 Å². The van der Waals surface area contributed by atoms with Crippen LogP contribution in [-0.2, 0) is 83.2 Å². The molecule has 0 saturated carbocycles. The second-order valence-corrected chi connectivity index (χ2v) is 26.3. The van der Waals surface area contributed by atoms with E-state index in [1.807, 2.05) is 0 Å². The summed E-state index contributed by atoms with van der Waals surface area (Å²) in [6, 6.07) is 18.4. The summed E-state index contributed by atoms with van der Waals surface area (Å²) in [6.07, 6.45) is 0.461. The molecule has 2 saturated heterocycles. The number of halogens is 2. The lowest BCUT2D eigenvalue weighted by Crippen LogP contribution is -2.61. The van der Waals surface area contributed by atoms with Gasteiger partial charge in [-0.05, 0) is 78.1 Å². The van der Waals surface area contributed by atoms with Crippen molar-refractivity contribution in [2.24, 2.45) is 11.8 Å². The van der Waals surface area contributed by atoms with Crippen LogP contribution in [0.4, 0.5) is 4.39 Å². The highest BCUT2D eigenvalue weighted by atomic mass is 35.5. The third kappa shape index (κ3) is 21.1. The number of carbonyl (C=O) groups excluding carboxylic acids is 12. The molecule has 0 spiro atoms. The molecule has 0 aromatic heterocycles. The maximum atomic E-state index is 15.5. The van der Waals surface area contributed by atoms with E-state index in [4.69, 9.17) is 11.6 Å². The highest BCUT2D eigenvalue weighted by molar-refractivity contribution is 6.30. The van der Waals surface area contributed by atoms with Gasteiger partial charge >= 0.3 is 0 Å². The quantitative estimate of drug-likeness (QED) is 0.159. The molecule has 6 rings (SSSR count). The number of likely N-dealkylation sites (tertiary alicyclic amines) is 1. The van der Waals surface area contributed by atoms with Gasteiger partial charge in [0.05, 0.1) is 26.1 Å². The molecule has 2 aliphatic rings. The summed E-state index contributed by atoms with van der Waals surface area (Å²) < 4.78 is 14.9. The zero-order valence-corrected chi connectivity index (χ0v) is 58.3. The Kier molecular flexibility index (Phi) is 28.2. The third-order valence-corrected chi connectivity index (χ3v) is 18.5. The van der Waals surface area contributed by atoms with Crippen LogP contribution in [0.1, 0.15) is 82.6 Å². The summed E-state index contributed by atoms with van der Waals surface area (Å²) in [5, 5.41) is 11.5. The van der Waals surface area contributed by atoms with Crippen molar-refractivity contribution in [1.82, 2.24) is 60.5 Å². The maximum Gasteiger partial charge on any atom is 0.246 e. The fourth-order valence-corrected chi connectivity index (χ4v) is 12.0. The van der Waals surface area contributed by atoms with E-state index in [1.165, 1.54) is 95.2 Å². The van der Waals surface area contributed by atoms with E-state index in [1.54, 1.807) is 113 Å². The van der Waals surface area contributed by atoms with E-state index in [0.717, 1.165) is 24.5 Å². The van der Waals surface area contributed by atoms with Crippen molar-refractivity contribution in [2.45, 2.75) is 134 Å². The van der Waals surface area contributed by atoms with Gasteiger partial charge in [-0.25, -0.2) is 4.39 Å². The minimum atomic E-state index is -1.54. The molecule has 12 amide bonds. The maximum absolute atomic E-state index is 15.5. The molecule has 2 heterocycles. The Hall–Kier alpha value is -9.26. The Bertz CT molecular complexity index is 3450. The van der Waals surface area contributed by atoms with Gasteiger partial charge in [0.25, 0.3) is 0 Å². The standard InChI is InChI=1S/C71H94ClFN12O12/c1-13-45(4)62-71(97)80(8)42-60(88)78(6)43-61(89)82(10)56(39-49-29-31-51(72)32-30-49)69(95)79(7)41-58(86)74-53(37-50-27-22-28-52(73)35-50)65(91)75-54(36-47-23-16-14-17-24-47)67(93)83(11)57(38-48-25-18-15-19-26-48)70(96)84(12)63(44(2)3)66(92)76-55(68(94)85-33-20-21-34-85)40-59(87)81(9)46(5)64(90)77-62/h14-19,22-32,35,44-46,53-57,62-63H,13,20-21,33-34,36-43H2,1-12H3,(H,74,86)(H,75,91)(H,76,92)(H,77,90)/t45-,46-,53-,54-,55?,56-,57-,62-,63-/m0/s1. The Morgan fingerprint density at radius 1 is 0.515 bits per heavy atom. The molecule has 0 radical (unpaired) electrons. The molecule has 9 atom stereocenters. The minimum absolute atomic E-state index is 0.0952. The molecule has 0 aliphatic carbocycles. The lowest BCUT2D eigenvalue weighted by atomic mass is 9.97. The van der Waals surface area contributed by atoms with Gasteiger partial charge in [-0.2, -0.15) is 0 Å². The fraction of sp³-hybridized carbons (Fsp3) is 0.493. The molecule has 97 heavy (non-hydrogen) atoms. The highest BCUT2D eigenvalue weighted by Gasteiger charge is 2.42. The topological polar surface area (TPSA) is 279 Å². The summed E-state index contributed by atoms with van der Waals surface area (Å²) in [7, 11) is 9.51. The van der Waals surface area contributed by atoms with Gasteiger partial charge in [0.1, 0.15) is 54.2 Å². The van der Waals surface area contributed by atoms with Gasteiger partial charge in [-0.1, -0.05) is 131 Å². The van der Waals surface area contributed by atoms with Crippen molar-refractivity contribution in [3.63, 3.8) is 0 Å². The first-order valence-corrected chi connectivity index (χ1v) is 33.1. The van der Waals surface area contributed by atoms with Crippen LogP contribution in [0.2, 0.25) is 5.02 Å². The average Bonchev–Trinajstić information content (AvgIpc) is 0.925. The fourth-order valence-electron chi connectivity index (χ4n) is 11.9. The van der Waals surface area contributed by atoms with Gasteiger partial charge in [0.2, 0.25) is 70.9 Å². The Morgan fingerprint density at radius 3 is 1.63 bits per heavy atom. The van der Waals surface area contributed by atoms with E-state index in [2.05, 4.69) is 21.3 Å². The van der Waals surface area contributed by atoms with Crippen LogP contribution in [0.3, 0.4) is 0 Å². The number of amides is 12. The lowest BCUT2D eigenvalue weighted by Gasteiger charge is -2.38. The van der Waals surface area contributed by atoms with E-state index in [-0.39, 0.29) is 31.2 Å². The van der Waals surface area contributed by atoms with Crippen LogP contribution in [0.15, 0.2) is 109 Å². The van der Waals surface area contributed by atoms with Crippen LogP contribution >= 0.6 is 11.6 Å². The second-order valence-electron chi connectivity index (χ2n) is 25.8. The first kappa shape index (κ1) is 76.8. The van der Waals surface area contributed by atoms with Crippen LogP contribution in [0, 0.1) is 17.7 Å². The van der Waals surface area contributed by atoms with Crippen molar-refractivity contribution in [2.75, 3.05) is 82.1 Å². The van der Waals surface area contributed by atoms with Crippen LogP contribution < -0.4 is 21.3 Å². The SMILES string of the molecule is CC[C@H](C)[C@@H]1NC(=O)[C@H](C)N(C)C(=O)CC(C(=O)N2CCCC2)NC(=O)[C@H](C(C)C)N(C)C(=O)[C@H](Cc2ccccc2)N(C)C(=O)[C@H](Cc2ccccc2)NC(=O)[C@H](Cc2cccc(F)c2)NC(=O)CN(C)C(=O)[C@H](Cc2ccc(Cl)cc2)N(C)C(=O)CN(C)C(=O)CN(C)C1=O. The normalized spacial score (nSPS) is 23.5. The van der Waals surface area contributed by atoms with Gasteiger partial charge < -0.3 is 60.5 Å². The molecule has 4 aromatic carbocycles. The Labute approximate surface area is 572 Å². The Morgan fingerprint density at radius 2 is 1.05 bits per heavy atom. The first-order chi connectivity index (χ1) is 45.9. The summed E-state index contributed by atoms with van der Waals surface area (Å²) in [4.78, 5) is 185. The molecular formula is C71H94ClFN12O12. The first-order valence-electron chi connectivity index (χ1n) is 32.8. The number of carbonyl (C=O) groups is 12. The number of nitrogens with one attached hydrogen (secondary N) is 4. The van der Waals surface area contributed by atoms with Crippen molar-refractivity contribution >= 4 is 82.5 Å². The zero-order chi connectivity index (χ0) is 71.5. The molecule has 2 fully saturated rings. The molecule has 1 unspecified atom stereocenters. The predicted molar refractivity (Wildman–Crippen MR) is 363 cm³/mol. The number of likely N-dealkylation sites (N-methyl/N-ethyl adjacent to an activating group) is 7. The van der Waals surface area contributed by atoms with Gasteiger partial charge in [0.15, 0.2) is 0 Å². The van der Waals surface area contributed by atoms with E-state index < -0.39 is 163 Å². The monoisotopic (exact) mass is 1360 g/mol. The zero-order valence-electron chi connectivity index (χ0n) is 57.6. The number of benzene rings is 4. The highest BCUT2D eigenvalue weighted by Crippen LogP contribution is 2.22. The van der Waals surface area contributed by atoms with Crippen molar-refractivity contribution in [3.05, 3.63) is 142 Å². The summed E-state index contributed by atoms with van der Waals surface area (Å²) in [5.41, 5.74) is 2.05. The molecule has 4 aromatic rings. The predicted octanol–water partition coefficient (Wildman–Crippen LogP) is 3.12.